The summed E-state index contributed by atoms with van der Waals surface area (Å²) in [7, 11) is 1.38. The molecule has 2 aliphatic carbocycles. The van der Waals surface area contributed by atoms with Gasteiger partial charge in [0.15, 0.2) is 5.78 Å². The van der Waals surface area contributed by atoms with Crippen LogP contribution in [0.5, 0.6) is 0 Å². The Morgan fingerprint density at radius 3 is 2.75 bits per heavy atom. The summed E-state index contributed by atoms with van der Waals surface area (Å²) >= 11 is 0. The number of rotatable bonds is 2. The van der Waals surface area contributed by atoms with E-state index in [0.29, 0.717) is 6.42 Å². The third kappa shape index (κ3) is 1.66. The van der Waals surface area contributed by atoms with E-state index in [1.165, 1.54) is 13.2 Å². The molecule has 3 nitrogen and oxygen atoms in total. The van der Waals surface area contributed by atoms with Crippen molar-refractivity contribution in [3.8, 4) is 0 Å². The molecule has 3 heteroatoms. The molecule has 1 aromatic rings. The first-order valence-electron chi connectivity index (χ1n) is 6.73. The lowest BCUT2D eigenvalue weighted by atomic mass is 9.62. The monoisotopic (exact) mass is 268 g/mol. The minimum atomic E-state index is -0.887. The van der Waals surface area contributed by atoms with Crippen LogP contribution in [-0.4, -0.2) is 18.9 Å². The van der Waals surface area contributed by atoms with Crippen LogP contribution in [-0.2, 0) is 14.3 Å². The lowest BCUT2D eigenvalue weighted by Crippen LogP contribution is -2.44. The zero-order chi connectivity index (χ0) is 14.2. The highest BCUT2D eigenvalue weighted by molar-refractivity contribution is 6.02. The standard InChI is InChI=1S/C17H16O3/c1-20-16(19)17-11-10-15(18)14(17)9-5-8-13(17)12-6-3-2-4-7-12/h2-8,10-11,13-14H,9H2,1H3/t13-,14?,17-/m0/s1. The van der Waals surface area contributed by atoms with Crippen LogP contribution in [0.15, 0.2) is 54.6 Å². The van der Waals surface area contributed by atoms with Crippen LogP contribution in [0.1, 0.15) is 17.9 Å². The second-order valence-corrected chi connectivity index (χ2v) is 5.27. The molecule has 0 bridgehead atoms. The Balaban J connectivity index is 2.15. The van der Waals surface area contributed by atoms with Crippen molar-refractivity contribution < 1.29 is 14.3 Å². The van der Waals surface area contributed by atoms with Gasteiger partial charge >= 0.3 is 5.97 Å². The van der Waals surface area contributed by atoms with Crippen LogP contribution in [0.4, 0.5) is 0 Å². The van der Waals surface area contributed by atoms with E-state index in [-0.39, 0.29) is 23.6 Å². The summed E-state index contributed by atoms with van der Waals surface area (Å²) in [5.74, 6) is -0.814. The molecule has 0 radical (unpaired) electrons. The molecule has 1 unspecified atom stereocenters. The number of ketones is 1. The zero-order valence-electron chi connectivity index (χ0n) is 11.3. The van der Waals surface area contributed by atoms with Gasteiger partial charge in [-0.05, 0) is 18.1 Å². The second kappa shape index (κ2) is 4.75. The van der Waals surface area contributed by atoms with E-state index in [0.717, 1.165) is 5.56 Å². The first kappa shape index (κ1) is 12.9. The van der Waals surface area contributed by atoms with Crippen molar-refractivity contribution >= 4 is 11.8 Å². The predicted molar refractivity (Wildman–Crippen MR) is 75.0 cm³/mol. The number of benzene rings is 1. The Kier molecular flexibility index (Phi) is 3.05. The van der Waals surface area contributed by atoms with E-state index in [2.05, 4.69) is 0 Å². The molecule has 102 valence electrons. The summed E-state index contributed by atoms with van der Waals surface area (Å²) < 4.78 is 5.02. The largest absolute Gasteiger partial charge is 0.468 e. The Morgan fingerprint density at radius 1 is 1.30 bits per heavy atom. The summed E-state index contributed by atoms with van der Waals surface area (Å²) in [6.07, 6.45) is 7.88. The van der Waals surface area contributed by atoms with Crippen LogP contribution < -0.4 is 0 Å². The number of allylic oxidation sites excluding steroid dienone is 3. The van der Waals surface area contributed by atoms with Gasteiger partial charge in [0.1, 0.15) is 5.41 Å². The number of ether oxygens (including phenoxy) is 1. The van der Waals surface area contributed by atoms with Crippen LogP contribution in [0.2, 0.25) is 0 Å². The van der Waals surface area contributed by atoms with Gasteiger partial charge in [-0.1, -0.05) is 48.6 Å². The number of esters is 1. The SMILES string of the molecule is COC(=O)[C@]12C=CC(=O)C1CC=C[C@H]2c1ccccc1. The maximum atomic E-state index is 12.4. The molecule has 0 spiro atoms. The Hall–Kier alpha value is -2.16. The van der Waals surface area contributed by atoms with Crippen molar-refractivity contribution in [1.82, 2.24) is 0 Å². The van der Waals surface area contributed by atoms with E-state index in [4.69, 9.17) is 4.74 Å². The van der Waals surface area contributed by atoms with Crippen LogP contribution in [0.25, 0.3) is 0 Å². The Bertz CT molecular complexity index is 600. The highest BCUT2D eigenvalue weighted by atomic mass is 16.5. The van der Waals surface area contributed by atoms with Gasteiger partial charge in [0.25, 0.3) is 0 Å². The maximum Gasteiger partial charge on any atom is 0.317 e. The topological polar surface area (TPSA) is 43.4 Å². The number of methoxy groups -OCH3 is 1. The fraction of sp³-hybridized carbons (Fsp3) is 0.294. The van der Waals surface area contributed by atoms with E-state index < -0.39 is 5.41 Å². The zero-order valence-corrected chi connectivity index (χ0v) is 11.3. The molecule has 0 fully saturated rings. The molecule has 0 saturated carbocycles. The van der Waals surface area contributed by atoms with Crippen molar-refractivity contribution in [3.63, 3.8) is 0 Å². The first-order chi connectivity index (χ1) is 9.70. The third-order valence-electron chi connectivity index (χ3n) is 4.36. The number of carbonyl (C=O) groups excluding carboxylic acids is 2. The molecular weight excluding hydrogens is 252 g/mol. The van der Waals surface area contributed by atoms with Crippen LogP contribution in [0, 0.1) is 11.3 Å². The van der Waals surface area contributed by atoms with Crippen LogP contribution in [0.3, 0.4) is 0 Å². The highest BCUT2D eigenvalue weighted by Gasteiger charge is 2.56. The van der Waals surface area contributed by atoms with Gasteiger partial charge in [-0.25, -0.2) is 0 Å². The molecule has 20 heavy (non-hydrogen) atoms. The van der Waals surface area contributed by atoms with Gasteiger partial charge in [-0.2, -0.15) is 0 Å². The van der Waals surface area contributed by atoms with Gasteiger partial charge in [-0.15, -0.1) is 0 Å². The Labute approximate surface area is 117 Å². The Morgan fingerprint density at radius 2 is 2.05 bits per heavy atom. The average Bonchev–Trinajstić information content (AvgIpc) is 2.86. The lowest BCUT2D eigenvalue weighted by molar-refractivity contribution is -0.155. The molecule has 0 N–H and O–H groups in total. The number of carbonyl (C=O) groups is 2. The van der Waals surface area contributed by atoms with Crippen molar-refractivity contribution in [2.24, 2.45) is 11.3 Å². The minimum Gasteiger partial charge on any atom is -0.468 e. The van der Waals surface area contributed by atoms with E-state index in [9.17, 15) is 9.59 Å². The molecule has 3 atom stereocenters. The number of hydrogen-bond donors (Lipinski definition) is 0. The van der Waals surface area contributed by atoms with Crippen molar-refractivity contribution in [2.45, 2.75) is 12.3 Å². The predicted octanol–water partition coefficient (Wildman–Crippen LogP) is 2.64. The minimum absolute atomic E-state index is 0.0145. The first-order valence-corrected chi connectivity index (χ1v) is 6.73. The highest BCUT2D eigenvalue weighted by Crippen LogP contribution is 2.52. The molecule has 2 aliphatic rings. The molecule has 0 heterocycles. The lowest BCUT2D eigenvalue weighted by Gasteiger charge is -2.39. The van der Waals surface area contributed by atoms with Crippen molar-refractivity contribution in [1.29, 1.82) is 0 Å². The molecule has 0 amide bonds. The third-order valence-corrected chi connectivity index (χ3v) is 4.36. The molecule has 3 rings (SSSR count). The van der Waals surface area contributed by atoms with E-state index in [1.807, 2.05) is 42.5 Å². The van der Waals surface area contributed by atoms with Crippen LogP contribution >= 0.6 is 0 Å². The van der Waals surface area contributed by atoms with Gasteiger partial charge in [0.05, 0.1) is 7.11 Å². The smallest absolute Gasteiger partial charge is 0.317 e. The van der Waals surface area contributed by atoms with Gasteiger partial charge < -0.3 is 4.74 Å². The second-order valence-electron chi connectivity index (χ2n) is 5.27. The summed E-state index contributed by atoms with van der Waals surface area (Å²) in [4.78, 5) is 24.5. The number of fused-ring (bicyclic) bond motifs is 1. The fourth-order valence-corrected chi connectivity index (χ4v) is 3.39. The maximum absolute atomic E-state index is 12.4. The molecule has 0 aromatic heterocycles. The fourth-order valence-electron chi connectivity index (χ4n) is 3.39. The normalized spacial score (nSPS) is 31.1. The summed E-state index contributed by atoms with van der Waals surface area (Å²) in [5.41, 5.74) is 0.139. The van der Waals surface area contributed by atoms with E-state index >= 15 is 0 Å². The summed E-state index contributed by atoms with van der Waals surface area (Å²) in [6.45, 7) is 0. The molecule has 0 aliphatic heterocycles. The van der Waals surface area contributed by atoms with Crippen molar-refractivity contribution in [2.75, 3.05) is 7.11 Å². The summed E-state index contributed by atoms with van der Waals surface area (Å²) in [5, 5.41) is 0. The quantitative estimate of drug-likeness (QED) is 0.611. The summed E-state index contributed by atoms with van der Waals surface area (Å²) in [6, 6.07) is 9.79. The molecule has 0 saturated heterocycles. The molecular formula is C17H16O3. The number of hydrogen-bond acceptors (Lipinski definition) is 3. The van der Waals surface area contributed by atoms with Gasteiger partial charge in [-0.3, -0.25) is 9.59 Å². The van der Waals surface area contributed by atoms with E-state index in [1.54, 1.807) is 6.08 Å². The van der Waals surface area contributed by atoms with Gasteiger partial charge in [0, 0.05) is 11.8 Å². The van der Waals surface area contributed by atoms with Crippen molar-refractivity contribution in [3.05, 3.63) is 60.2 Å². The van der Waals surface area contributed by atoms with Gasteiger partial charge in [0.2, 0.25) is 0 Å². The average molecular weight is 268 g/mol. The molecule has 1 aromatic carbocycles.